The molecule has 0 aliphatic carbocycles. The van der Waals surface area contributed by atoms with Crippen molar-refractivity contribution < 1.29 is 24.0 Å². The molecule has 0 saturated carbocycles. The normalized spacial score (nSPS) is 28.0. The van der Waals surface area contributed by atoms with Crippen LogP contribution in [0, 0.1) is 0 Å². The van der Waals surface area contributed by atoms with Crippen LogP contribution >= 0.6 is 0 Å². The van der Waals surface area contributed by atoms with Gasteiger partial charge in [0.1, 0.15) is 0 Å². The molecular formula is C6H12LiNO. The summed E-state index contributed by atoms with van der Waals surface area (Å²) in [7, 11) is 2.02. The van der Waals surface area contributed by atoms with Gasteiger partial charge in [0.15, 0.2) is 0 Å². The second-order valence-corrected chi connectivity index (χ2v) is 2.44. The summed E-state index contributed by atoms with van der Waals surface area (Å²) in [6, 6.07) is 0.343. The summed E-state index contributed by atoms with van der Waals surface area (Å²) in [5.74, 6) is 0. The molecule has 0 amide bonds. The van der Waals surface area contributed by atoms with Crippen molar-refractivity contribution in [3.8, 4) is 0 Å². The number of likely N-dealkylation sites (N-methyl/N-ethyl adjacent to an activating group) is 1. The molecule has 1 aliphatic heterocycles. The van der Waals surface area contributed by atoms with Gasteiger partial charge in [0, 0.05) is 0 Å². The van der Waals surface area contributed by atoms with Crippen molar-refractivity contribution in [1.82, 2.24) is 4.90 Å². The summed E-state index contributed by atoms with van der Waals surface area (Å²) in [6.07, 6.45) is 2.32. The standard InChI is InChI=1S/C6H12NO.Li/c1-7-4-2-3-6(7)5-8;/h6H,2-5H2,1H3;/q-1;+1. The average molecular weight is 121 g/mol. The van der Waals surface area contributed by atoms with Gasteiger partial charge >= 0.3 is 18.9 Å². The Balaban J connectivity index is 0.000000640. The number of hydrogen-bond donors (Lipinski definition) is 0. The summed E-state index contributed by atoms with van der Waals surface area (Å²) < 4.78 is 0. The van der Waals surface area contributed by atoms with Crippen molar-refractivity contribution in [1.29, 1.82) is 0 Å². The topological polar surface area (TPSA) is 26.3 Å². The maximum absolute atomic E-state index is 10.3. The van der Waals surface area contributed by atoms with E-state index in [1.807, 2.05) is 7.05 Å². The van der Waals surface area contributed by atoms with Gasteiger partial charge in [-0.25, -0.2) is 0 Å². The van der Waals surface area contributed by atoms with Gasteiger partial charge in [-0.15, -0.1) is 6.61 Å². The second kappa shape index (κ2) is 4.35. The zero-order valence-electron chi connectivity index (χ0n) is 6.26. The van der Waals surface area contributed by atoms with E-state index in [1.165, 1.54) is 6.42 Å². The van der Waals surface area contributed by atoms with Gasteiger partial charge < -0.3 is 10.0 Å². The monoisotopic (exact) mass is 121 g/mol. The van der Waals surface area contributed by atoms with Crippen LogP contribution in [0.1, 0.15) is 12.8 Å². The average Bonchev–Trinajstić information content (AvgIpc) is 2.14. The molecule has 9 heavy (non-hydrogen) atoms. The van der Waals surface area contributed by atoms with E-state index in [0.717, 1.165) is 13.0 Å². The molecule has 1 atom stereocenters. The summed E-state index contributed by atoms with van der Waals surface area (Å²) >= 11 is 0. The molecule has 1 rings (SSSR count). The molecule has 0 aromatic rings. The van der Waals surface area contributed by atoms with Crippen LogP contribution in [0.2, 0.25) is 0 Å². The Labute approximate surface area is 68.4 Å². The molecule has 0 bridgehead atoms. The van der Waals surface area contributed by atoms with E-state index in [4.69, 9.17) is 0 Å². The fourth-order valence-corrected chi connectivity index (χ4v) is 1.19. The Kier molecular flexibility index (Phi) is 4.60. The third kappa shape index (κ3) is 2.31. The van der Waals surface area contributed by atoms with Gasteiger partial charge in [0.25, 0.3) is 0 Å². The zero-order valence-corrected chi connectivity index (χ0v) is 6.26. The Morgan fingerprint density at radius 3 is 2.56 bits per heavy atom. The first-order valence-electron chi connectivity index (χ1n) is 3.13. The predicted octanol–water partition coefficient (Wildman–Crippen LogP) is -3.56. The van der Waals surface area contributed by atoms with E-state index in [0.29, 0.717) is 6.04 Å². The van der Waals surface area contributed by atoms with Crippen LogP contribution in [-0.2, 0) is 0 Å². The Bertz CT molecular complexity index is 79.5. The van der Waals surface area contributed by atoms with Gasteiger partial charge in [-0.2, -0.15) is 0 Å². The Hall–Kier alpha value is 0.517. The van der Waals surface area contributed by atoms with E-state index >= 15 is 0 Å². The summed E-state index contributed by atoms with van der Waals surface area (Å²) in [5.41, 5.74) is 0. The predicted molar refractivity (Wildman–Crippen MR) is 30.5 cm³/mol. The van der Waals surface area contributed by atoms with Crippen LogP contribution in [0.4, 0.5) is 0 Å². The Morgan fingerprint density at radius 1 is 1.67 bits per heavy atom. The maximum Gasteiger partial charge on any atom is 1.00 e. The van der Waals surface area contributed by atoms with E-state index < -0.39 is 0 Å². The molecular weight excluding hydrogens is 109 g/mol. The van der Waals surface area contributed by atoms with E-state index in [2.05, 4.69) is 4.90 Å². The largest absolute Gasteiger partial charge is 1.00 e. The first-order valence-corrected chi connectivity index (χ1v) is 3.13. The fourth-order valence-electron chi connectivity index (χ4n) is 1.19. The van der Waals surface area contributed by atoms with Crippen molar-refractivity contribution in [3.05, 3.63) is 0 Å². The quantitative estimate of drug-likeness (QED) is 0.336. The molecule has 1 heterocycles. The van der Waals surface area contributed by atoms with Crippen molar-refractivity contribution in [2.24, 2.45) is 0 Å². The van der Waals surface area contributed by atoms with Crippen molar-refractivity contribution in [2.75, 3.05) is 20.2 Å². The van der Waals surface area contributed by atoms with Crippen molar-refractivity contribution in [2.45, 2.75) is 18.9 Å². The molecule has 2 nitrogen and oxygen atoms in total. The van der Waals surface area contributed by atoms with Crippen LogP contribution in [0.15, 0.2) is 0 Å². The molecule has 1 aliphatic rings. The van der Waals surface area contributed by atoms with Gasteiger partial charge in [0.2, 0.25) is 0 Å². The zero-order chi connectivity index (χ0) is 5.98. The minimum absolute atomic E-state index is 0. The molecule has 1 unspecified atom stereocenters. The van der Waals surface area contributed by atoms with E-state index in [-0.39, 0.29) is 25.5 Å². The van der Waals surface area contributed by atoms with E-state index in [9.17, 15) is 5.11 Å². The molecule has 1 saturated heterocycles. The maximum atomic E-state index is 10.3. The number of rotatable bonds is 1. The molecule has 3 heteroatoms. The molecule has 0 N–H and O–H groups in total. The molecule has 0 radical (unpaired) electrons. The summed E-state index contributed by atoms with van der Waals surface area (Å²) in [5, 5.41) is 10.3. The summed E-state index contributed by atoms with van der Waals surface area (Å²) in [4.78, 5) is 2.15. The Morgan fingerprint density at radius 2 is 2.33 bits per heavy atom. The fraction of sp³-hybridized carbons (Fsp3) is 1.00. The summed E-state index contributed by atoms with van der Waals surface area (Å²) in [6.45, 7) is 1.20. The second-order valence-electron chi connectivity index (χ2n) is 2.44. The van der Waals surface area contributed by atoms with E-state index in [1.54, 1.807) is 0 Å². The van der Waals surface area contributed by atoms with Crippen LogP contribution in [0.25, 0.3) is 0 Å². The van der Waals surface area contributed by atoms with Crippen LogP contribution < -0.4 is 24.0 Å². The smallest absolute Gasteiger partial charge is 0.853 e. The molecule has 0 spiro atoms. The van der Waals surface area contributed by atoms with Gasteiger partial charge in [-0.1, -0.05) is 0 Å². The van der Waals surface area contributed by atoms with Gasteiger partial charge in [0.05, 0.1) is 0 Å². The van der Waals surface area contributed by atoms with Gasteiger partial charge in [-0.3, -0.25) is 0 Å². The van der Waals surface area contributed by atoms with Gasteiger partial charge in [-0.05, 0) is 32.5 Å². The van der Waals surface area contributed by atoms with Crippen LogP contribution in [0.5, 0.6) is 0 Å². The first-order chi connectivity index (χ1) is 3.84. The number of nitrogens with zero attached hydrogens (tertiary/aromatic N) is 1. The third-order valence-electron chi connectivity index (χ3n) is 1.86. The first kappa shape index (κ1) is 9.52. The van der Waals surface area contributed by atoms with Crippen molar-refractivity contribution >= 4 is 0 Å². The number of likely N-dealkylation sites (tertiary alicyclic amines) is 1. The number of hydrogen-bond acceptors (Lipinski definition) is 2. The molecule has 48 valence electrons. The molecule has 0 aromatic carbocycles. The van der Waals surface area contributed by atoms with Crippen LogP contribution in [0.3, 0.4) is 0 Å². The SMILES string of the molecule is CN1CCCC1C[O-].[Li+]. The molecule has 1 fully saturated rings. The minimum atomic E-state index is 0. The molecule has 0 aromatic heterocycles. The minimum Gasteiger partial charge on any atom is -0.853 e. The van der Waals surface area contributed by atoms with Crippen LogP contribution in [-0.4, -0.2) is 31.1 Å². The third-order valence-corrected chi connectivity index (χ3v) is 1.86. The van der Waals surface area contributed by atoms with Crippen molar-refractivity contribution in [3.63, 3.8) is 0 Å².